The van der Waals surface area contributed by atoms with Gasteiger partial charge in [0.15, 0.2) is 4.75 Å². The zero-order valence-electron chi connectivity index (χ0n) is 19.2. The lowest BCUT2D eigenvalue weighted by Crippen LogP contribution is -2.38. The molecular formula is C24H15Cl3F6N4OS. The molecule has 3 aromatic rings. The normalized spacial score (nSPS) is 18.0. The Hall–Kier alpha value is -2.67. The van der Waals surface area contributed by atoms with Crippen LogP contribution in [-0.2, 0) is 4.75 Å². The summed E-state index contributed by atoms with van der Waals surface area (Å²) in [6, 6.07) is 10.9. The molecule has 1 atom stereocenters. The number of fused-ring (bicyclic) bond motifs is 1. The number of nitrogens with one attached hydrogen (secondary N) is 2. The Morgan fingerprint density at radius 1 is 1.03 bits per heavy atom. The number of halogens is 9. The number of rotatable bonds is 5. The number of hydrazone groups is 1. The Morgan fingerprint density at radius 3 is 2.28 bits per heavy atom. The van der Waals surface area contributed by atoms with Crippen LogP contribution in [0.4, 0.5) is 31.1 Å². The third-order valence-electron chi connectivity index (χ3n) is 5.72. The highest BCUT2D eigenvalue weighted by Crippen LogP contribution is 2.57. The number of carbonyl (C=O) groups excluding carboxylic acids is 1. The first-order valence-electron chi connectivity index (χ1n) is 10.8. The molecule has 15 heteroatoms. The smallest absolute Gasteiger partial charge is 0.328 e. The van der Waals surface area contributed by atoms with Gasteiger partial charge in [0, 0.05) is 17.5 Å². The topological polar surface area (TPSA) is 65.8 Å². The summed E-state index contributed by atoms with van der Waals surface area (Å²) >= 11 is 18.4. The molecule has 0 aromatic heterocycles. The predicted octanol–water partition coefficient (Wildman–Crippen LogP) is 8.29. The van der Waals surface area contributed by atoms with Gasteiger partial charge in [0.1, 0.15) is 6.54 Å². The summed E-state index contributed by atoms with van der Waals surface area (Å²) < 4.78 is 82.0. The fourth-order valence-electron chi connectivity index (χ4n) is 3.90. The molecule has 1 heterocycles. The van der Waals surface area contributed by atoms with Crippen LogP contribution >= 0.6 is 46.8 Å². The summed E-state index contributed by atoms with van der Waals surface area (Å²) in [7, 11) is 0. The van der Waals surface area contributed by atoms with Gasteiger partial charge in [-0.3, -0.25) is 0 Å². The number of alkyl halides is 6. The molecule has 39 heavy (non-hydrogen) atoms. The lowest BCUT2D eigenvalue weighted by Gasteiger charge is -2.30. The standard InChI is InChI=1S/C24H15Cl3F6N4OS/c25-17-7-13(8-18(26)20(17)27)22(24(31,32)33)9-19(37-39-22)16-6-5-12(14-3-1-2-4-15(14)16)10-35-36-21(38)34-11-23(28,29)30/h1-8,10H,9,11H2,(H2,34,36,38). The van der Waals surface area contributed by atoms with E-state index < -0.39 is 36.1 Å². The number of hydrogen-bond donors (Lipinski definition) is 2. The van der Waals surface area contributed by atoms with Crippen LogP contribution in [0.15, 0.2) is 58.0 Å². The summed E-state index contributed by atoms with van der Waals surface area (Å²) in [4.78, 5) is 11.5. The number of amides is 2. The van der Waals surface area contributed by atoms with Gasteiger partial charge in [0.25, 0.3) is 0 Å². The molecule has 206 valence electrons. The zero-order valence-corrected chi connectivity index (χ0v) is 22.3. The maximum absolute atomic E-state index is 14.5. The molecule has 1 aliphatic rings. The number of urea groups is 1. The Labute approximate surface area is 236 Å². The minimum atomic E-state index is -4.73. The van der Waals surface area contributed by atoms with Gasteiger partial charge in [0.05, 0.1) is 27.0 Å². The second-order valence-electron chi connectivity index (χ2n) is 8.30. The minimum Gasteiger partial charge on any atom is -0.328 e. The summed E-state index contributed by atoms with van der Waals surface area (Å²) in [5, 5.41) is 6.09. The molecular weight excluding hydrogens is 613 g/mol. The van der Waals surface area contributed by atoms with Crippen molar-refractivity contribution >= 4 is 75.5 Å². The van der Waals surface area contributed by atoms with E-state index in [1.54, 1.807) is 41.7 Å². The lowest BCUT2D eigenvalue weighted by atomic mass is 9.87. The third-order valence-corrected chi connectivity index (χ3v) is 8.16. The van der Waals surface area contributed by atoms with Gasteiger partial charge in [0.2, 0.25) is 0 Å². The van der Waals surface area contributed by atoms with Crippen molar-refractivity contribution in [3.05, 3.63) is 80.3 Å². The van der Waals surface area contributed by atoms with Crippen LogP contribution in [0.2, 0.25) is 15.1 Å². The van der Waals surface area contributed by atoms with Crippen LogP contribution in [0.25, 0.3) is 10.8 Å². The summed E-state index contributed by atoms with van der Waals surface area (Å²) in [5.41, 5.74) is 2.80. The molecule has 0 spiro atoms. The molecule has 0 saturated carbocycles. The van der Waals surface area contributed by atoms with E-state index in [1.165, 1.54) is 6.21 Å². The second-order valence-corrected chi connectivity index (χ2v) is 10.6. The average molecular weight is 628 g/mol. The summed E-state index contributed by atoms with van der Waals surface area (Å²) in [5.74, 6) is 0. The van der Waals surface area contributed by atoms with Crippen LogP contribution in [0.5, 0.6) is 0 Å². The molecule has 3 aromatic carbocycles. The van der Waals surface area contributed by atoms with Gasteiger partial charge in [-0.1, -0.05) is 71.2 Å². The average Bonchev–Trinajstić information content (AvgIpc) is 3.32. The largest absolute Gasteiger partial charge is 0.409 e. The molecule has 0 aliphatic carbocycles. The second kappa shape index (κ2) is 11.1. The minimum absolute atomic E-state index is 0.0564. The highest BCUT2D eigenvalue weighted by molar-refractivity contribution is 7.99. The van der Waals surface area contributed by atoms with Crippen molar-refractivity contribution in [3.63, 3.8) is 0 Å². The third kappa shape index (κ3) is 6.24. The quantitative estimate of drug-likeness (QED) is 0.0983. The van der Waals surface area contributed by atoms with Crippen molar-refractivity contribution < 1.29 is 31.1 Å². The van der Waals surface area contributed by atoms with Crippen LogP contribution in [0.1, 0.15) is 23.1 Å². The molecule has 2 amide bonds. The Bertz CT molecular complexity index is 1470. The van der Waals surface area contributed by atoms with Crippen LogP contribution < -0.4 is 10.7 Å². The van der Waals surface area contributed by atoms with E-state index in [0.29, 0.717) is 33.8 Å². The van der Waals surface area contributed by atoms with Crippen molar-refractivity contribution in [2.75, 3.05) is 6.54 Å². The highest BCUT2D eigenvalue weighted by atomic mass is 35.5. The van der Waals surface area contributed by atoms with E-state index in [1.807, 2.05) is 5.43 Å². The highest BCUT2D eigenvalue weighted by Gasteiger charge is 2.60. The maximum atomic E-state index is 14.5. The fourth-order valence-corrected chi connectivity index (χ4v) is 5.46. The zero-order chi connectivity index (χ0) is 28.6. The van der Waals surface area contributed by atoms with Crippen molar-refractivity contribution in [2.45, 2.75) is 23.5 Å². The van der Waals surface area contributed by atoms with Gasteiger partial charge in [-0.25, -0.2) is 14.6 Å². The van der Waals surface area contributed by atoms with Crippen molar-refractivity contribution in [1.29, 1.82) is 0 Å². The number of carbonyl (C=O) groups is 1. The van der Waals surface area contributed by atoms with E-state index in [4.69, 9.17) is 34.8 Å². The van der Waals surface area contributed by atoms with E-state index >= 15 is 0 Å². The molecule has 1 aliphatic heterocycles. The van der Waals surface area contributed by atoms with Gasteiger partial charge < -0.3 is 5.32 Å². The van der Waals surface area contributed by atoms with Crippen molar-refractivity contribution in [1.82, 2.24) is 10.7 Å². The molecule has 1 unspecified atom stereocenters. The Kier molecular flexibility index (Phi) is 8.32. The van der Waals surface area contributed by atoms with E-state index in [2.05, 4.69) is 9.50 Å². The molecule has 0 radical (unpaired) electrons. The lowest BCUT2D eigenvalue weighted by molar-refractivity contribution is -0.159. The molecule has 0 bridgehead atoms. The number of hydrogen-bond acceptors (Lipinski definition) is 4. The predicted molar refractivity (Wildman–Crippen MR) is 142 cm³/mol. The van der Waals surface area contributed by atoms with Gasteiger partial charge in [-0.2, -0.15) is 31.4 Å². The van der Waals surface area contributed by atoms with Crippen molar-refractivity contribution in [3.8, 4) is 0 Å². The van der Waals surface area contributed by atoms with Crippen LogP contribution in [0.3, 0.4) is 0 Å². The van der Waals surface area contributed by atoms with Gasteiger partial charge in [-0.05, 0) is 40.4 Å². The molecule has 0 fully saturated rings. The molecule has 2 N–H and O–H groups in total. The first-order chi connectivity index (χ1) is 18.2. The summed E-state index contributed by atoms with van der Waals surface area (Å²) in [6.07, 6.45) is -8.62. The molecule has 5 nitrogen and oxygen atoms in total. The molecule has 4 rings (SSSR count). The first kappa shape index (κ1) is 29.3. The Balaban J connectivity index is 1.64. The van der Waals surface area contributed by atoms with Gasteiger partial charge in [-0.15, -0.1) is 0 Å². The molecule has 0 saturated heterocycles. The van der Waals surface area contributed by atoms with E-state index in [-0.39, 0.29) is 26.3 Å². The van der Waals surface area contributed by atoms with E-state index in [9.17, 15) is 31.1 Å². The Morgan fingerprint density at radius 2 is 1.67 bits per heavy atom. The monoisotopic (exact) mass is 626 g/mol. The fraction of sp³-hybridized carbons (Fsp3) is 0.208. The maximum Gasteiger partial charge on any atom is 0.409 e. The number of nitrogens with zero attached hydrogens (tertiary/aromatic N) is 2. The number of benzene rings is 3. The summed E-state index contributed by atoms with van der Waals surface area (Å²) in [6.45, 7) is -1.53. The SMILES string of the molecule is O=C(NCC(F)(F)F)NN=Cc1ccc(C2=NSC(c3cc(Cl)c(Cl)c(Cl)c3)(C(F)(F)F)C2)c2ccccc12. The van der Waals surface area contributed by atoms with E-state index in [0.717, 1.165) is 12.1 Å². The van der Waals surface area contributed by atoms with Crippen LogP contribution in [-0.4, -0.2) is 36.9 Å². The van der Waals surface area contributed by atoms with Crippen molar-refractivity contribution in [2.24, 2.45) is 9.50 Å². The van der Waals surface area contributed by atoms with Crippen LogP contribution in [0, 0.1) is 0 Å². The van der Waals surface area contributed by atoms with Gasteiger partial charge >= 0.3 is 18.4 Å². The first-order valence-corrected chi connectivity index (χ1v) is 12.7.